The van der Waals surface area contributed by atoms with Gasteiger partial charge in [0.1, 0.15) is 5.75 Å². The Morgan fingerprint density at radius 2 is 2.22 bits per heavy atom. The Morgan fingerprint density at radius 1 is 1.44 bits per heavy atom. The normalized spacial score (nSPS) is 35.3. The first-order valence-corrected chi connectivity index (χ1v) is 7.09. The van der Waals surface area contributed by atoms with E-state index in [1.807, 2.05) is 12.1 Å². The van der Waals surface area contributed by atoms with Crippen molar-refractivity contribution in [1.82, 2.24) is 4.90 Å². The largest absolute Gasteiger partial charge is 0.508 e. The molecule has 0 spiro atoms. The third-order valence-electron chi connectivity index (χ3n) is 5.41. The molecule has 0 aromatic heterocycles. The maximum atomic E-state index is 9.80. The number of nitrogens with zero attached hydrogens (tertiary/aromatic N) is 1. The van der Waals surface area contributed by atoms with Crippen LogP contribution in [0.1, 0.15) is 37.8 Å². The number of piperidine rings is 1. The Hall–Kier alpha value is -1.02. The minimum absolute atomic E-state index is 0.248. The van der Waals surface area contributed by atoms with Crippen molar-refractivity contribution >= 4 is 0 Å². The number of hydrogen-bond acceptors (Lipinski definition) is 2. The van der Waals surface area contributed by atoms with E-state index < -0.39 is 0 Å². The SMILES string of the molecule is CC[C@H]1[C@H]2Cc3ccc(O)cc3[C@]1(C)CCN2C. The molecule has 2 bridgehead atoms. The van der Waals surface area contributed by atoms with Crippen molar-refractivity contribution in [2.24, 2.45) is 5.92 Å². The van der Waals surface area contributed by atoms with Gasteiger partial charge in [0.2, 0.25) is 0 Å². The summed E-state index contributed by atoms with van der Waals surface area (Å²) in [6.45, 7) is 5.88. The summed E-state index contributed by atoms with van der Waals surface area (Å²) in [6.07, 6.45) is 3.57. The van der Waals surface area contributed by atoms with E-state index in [1.54, 1.807) is 0 Å². The van der Waals surface area contributed by atoms with Gasteiger partial charge in [0.05, 0.1) is 0 Å². The number of phenolic OH excluding ortho intramolecular Hbond substituents is 1. The highest BCUT2D eigenvalue weighted by Crippen LogP contribution is 2.50. The second-order valence-electron chi connectivity index (χ2n) is 6.28. The van der Waals surface area contributed by atoms with Crippen LogP contribution in [0.15, 0.2) is 18.2 Å². The number of hydrogen-bond donors (Lipinski definition) is 1. The zero-order valence-electron chi connectivity index (χ0n) is 11.6. The van der Waals surface area contributed by atoms with E-state index >= 15 is 0 Å². The van der Waals surface area contributed by atoms with Gasteiger partial charge >= 0.3 is 0 Å². The minimum Gasteiger partial charge on any atom is -0.508 e. The van der Waals surface area contributed by atoms with Crippen LogP contribution in [0.5, 0.6) is 5.75 Å². The molecule has 0 saturated carbocycles. The smallest absolute Gasteiger partial charge is 0.115 e. The Kier molecular flexibility index (Phi) is 2.67. The number of benzene rings is 1. The van der Waals surface area contributed by atoms with Crippen LogP contribution in [-0.2, 0) is 11.8 Å². The topological polar surface area (TPSA) is 23.5 Å². The van der Waals surface area contributed by atoms with Gasteiger partial charge in [-0.15, -0.1) is 0 Å². The first-order valence-electron chi connectivity index (χ1n) is 7.09. The molecule has 0 radical (unpaired) electrons. The molecule has 1 saturated heterocycles. The van der Waals surface area contributed by atoms with Crippen LogP contribution in [0.3, 0.4) is 0 Å². The molecule has 0 unspecified atom stereocenters. The molecule has 1 aliphatic carbocycles. The van der Waals surface area contributed by atoms with E-state index in [4.69, 9.17) is 0 Å². The van der Waals surface area contributed by atoms with Crippen LogP contribution in [0.4, 0.5) is 0 Å². The highest BCUT2D eigenvalue weighted by atomic mass is 16.3. The number of rotatable bonds is 1. The lowest BCUT2D eigenvalue weighted by Gasteiger charge is -2.54. The van der Waals surface area contributed by atoms with Crippen molar-refractivity contribution in [3.8, 4) is 5.75 Å². The number of likely N-dealkylation sites (tertiary alicyclic amines) is 1. The Bertz CT molecular complexity index is 470. The summed E-state index contributed by atoms with van der Waals surface area (Å²) in [7, 11) is 2.26. The lowest BCUT2D eigenvalue weighted by atomic mass is 9.57. The summed E-state index contributed by atoms with van der Waals surface area (Å²) in [5, 5.41) is 9.80. The Labute approximate surface area is 110 Å². The molecule has 18 heavy (non-hydrogen) atoms. The highest BCUT2D eigenvalue weighted by molar-refractivity contribution is 5.44. The molecule has 1 aliphatic heterocycles. The molecule has 1 N–H and O–H groups in total. The van der Waals surface area contributed by atoms with Crippen molar-refractivity contribution in [3.63, 3.8) is 0 Å². The first kappa shape index (κ1) is 12.0. The first-order chi connectivity index (χ1) is 8.56. The van der Waals surface area contributed by atoms with Crippen LogP contribution in [0.2, 0.25) is 0 Å². The molecular formula is C16H23NO. The summed E-state index contributed by atoms with van der Waals surface area (Å²) in [4.78, 5) is 2.53. The van der Waals surface area contributed by atoms with Gasteiger partial charge in [0, 0.05) is 6.04 Å². The lowest BCUT2D eigenvalue weighted by Crippen LogP contribution is -2.57. The quantitative estimate of drug-likeness (QED) is 0.822. The fraction of sp³-hybridized carbons (Fsp3) is 0.625. The molecule has 2 aliphatic rings. The molecule has 2 heteroatoms. The number of aromatic hydroxyl groups is 1. The molecular weight excluding hydrogens is 222 g/mol. The number of phenols is 1. The Morgan fingerprint density at radius 3 is 2.94 bits per heavy atom. The zero-order chi connectivity index (χ0) is 12.9. The highest BCUT2D eigenvalue weighted by Gasteiger charge is 2.48. The monoisotopic (exact) mass is 245 g/mol. The number of fused-ring (bicyclic) bond motifs is 4. The molecule has 1 aromatic rings. The second-order valence-corrected chi connectivity index (χ2v) is 6.28. The summed E-state index contributed by atoms with van der Waals surface area (Å²) >= 11 is 0. The molecule has 2 nitrogen and oxygen atoms in total. The molecule has 98 valence electrons. The van der Waals surface area contributed by atoms with Crippen molar-refractivity contribution in [2.45, 2.75) is 44.6 Å². The van der Waals surface area contributed by atoms with Crippen molar-refractivity contribution in [2.75, 3.05) is 13.6 Å². The van der Waals surface area contributed by atoms with Gasteiger partial charge in [-0.3, -0.25) is 0 Å². The maximum absolute atomic E-state index is 9.80. The average Bonchev–Trinajstić information content (AvgIpc) is 2.35. The van der Waals surface area contributed by atoms with E-state index in [0.717, 1.165) is 6.42 Å². The predicted molar refractivity (Wildman–Crippen MR) is 74.0 cm³/mol. The van der Waals surface area contributed by atoms with Gasteiger partial charge in [-0.1, -0.05) is 26.3 Å². The Balaban J connectivity index is 2.15. The van der Waals surface area contributed by atoms with Crippen LogP contribution in [0, 0.1) is 5.92 Å². The van der Waals surface area contributed by atoms with Gasteiger partial charge in [0.25, 0.3) is 0 Å². The van der Waals surface area contributed by atoms with Gasteiger partial charge in [-0.05, 0) is 61.0 Å². The summed E-state index contributed by atoms with van der Waals surface area (Å²) in [5.74, 6) is 1.13. The van der Waals surface area contributed by atoms with Gasteiger partial charge < -0.3 is 10.0 Å². The van der Waals surface area contributed by atoms with Crippen LogP contribution < -0.4 is 0 Å². The molecule has 0 amide bonds. The molecule has 3 rings (SSSR count). The van der Waals surface area contributed by atoms with Gasteiger partial charge in [-0.25, -0.2) is 0 Å². The zero-order valence-corrected chi connectivity index (χ0v) is 11.6. The third-order valence-corrected chi connectivity index (χ3v) is 5.41. The van der Waals surface area contributed by atoms with E-state index in [2.05, 4.69) is 31.9 Å². The average molecular weight is 245 g/mol. The van der Waals surface area contributed by atoms with Crippen molar-refractivity contribution in [3.05, 3.63) is 29.3 Å². The van der Waals surface area contributed by atoms with Crippen LogP contribution in [-0.4, -0.2) is 29.6 Å². The standard InChI is InChI=1S/C16H23NO/c1-4-13-15-9-11-5-6-12(18)10-14(11)16(13,2)7-8-17(15)3/h5-6,10,13,15,18H,4,7-9H2,1-3H3/t13-,15+,16+/m0/s1. The molecule has 1 fully saturated rings. The van der Waals surface area contributed by atoms with E-state index in [0.29, 0.717) is 17.7 Å². The molecule has 1 aromatic carbocycles. The minimum atomic E-state index is 0.248. The maximum Gasteiger partial charge on any atom is 0.115 e. The van der Waals surface area contributed by atoms with E-state index in [1.165, 1.54) is 30.5 Å². The lowest BCUT2D eigenvalue weighted by molar-refractivity contribution is 0.0376. The van der Waals surface area contributed by atoms with Gasteiger partial charge in [-0.2, -0.15) is 0 Å². The van der Waals surface area contributed by atoms with Crippen molar-refractivity contribution < 1.29 is 5.11 Å². The van der Waals surface area contributed by atoms with Crippen molar-refractivity contribution in [1.29, 1.82) is 0 Å². The van der Waals surface area contributed by atoms with Gasteiger partial charge in [0.15, 0.2) is 0 Å². The fourth-order valence-electron chi connectivity index (χ4n) is 4.35. The summed E-state index contributed by atoms with van der Waals surface area (Å²) in [5.41, 5.74) is 3.09. The molecule has 3 atom stereocenters. The van der Waals surface area contributed by atoms with Crippen LogP contribution >= 0.6 is 0 Å². The summed E-state index contributed by atoms with van der Waals surface area (Å²) < 4.78 is 0. The number of likely N-dealkylation sites (N-methyl/N-ethyl adjacent to an activating group) is 1. The second kappa shape index (κ2) is 3.99. The fourth-order valence-corrected chi connectivity index (χ4v) is 4.35. The van der Waals surface area contributed by atoms with Crippen LogP contribution in [0.25, 0.3) is 0 Å². The van der Waals surface area contributed by atoms with E-state index in [-0.39, 0.29) is 5.41 Å². The molecule has 1 heterocycles. The summed E-state index contributed by atoms with van der Waals surface area (Å²) in [6, 6.07) is 6.65. The third kappa shape index (κ3) is 1.51. The van der Waals surface area contributed by atoms with E-state index in [9.17, 15) is 5.11 Å². The predicted octanol–water partition coefficient (Wildman–Crippen LogP) is 2.94.